The van der Waals surface area contributed by atoms with Crippen LogP contribution >= 0.6 is 0 Å². The summed E-state index contributed by atoms with van der Waals surface area (Å²) in [5, 5.41) is 13.9. The Labute approximate surface area is 191 Å². The van der Waals surface area contributed by atoms with E-state index in [0.29, 0.717) is 45.7 Å². The van der Waals surface area contributed by atoms with E-state index in [0.717, 1.165) is 10.9 Å². The lowest BCUT2D eigenvalue weighted by Crippen LogP contribution is -2.20. The second-order valence-electron chi connectivity index (χ2n) is 7.78. The van der Waals surface area contributed by atoms with Gasteiger partial charge in [0.15, 0.2) is 17.3 Å². The number of aromatic nitrogens is 1. The number of Topliss-reactive ketones (excluding diaryl/α,β-unsaturated/α-hetero) is 2. The van der Waals surface area contributed by atoms with Gasteiger partial charge in [0.1, 0.15) is 28.7 Å². The average Bonchev–Trinajstić information content (AvgIpc) is 3.14. The number of nitrogens with one attached hydrogen (secondary N) is 1. The van der Waals surface area contributed by atoms with Crippen molar-refractivity contribution in [1.29, 1.82) is 5.26 Å². The highest BCUT2D eigenvalue weighted by Gasteiger charge is 2.18. The van der Waals surface area contributed by atoms with Crippen LogP contribution in [0.5, 0.6) is 11.5 Å². The summed E-state index contributed by atoms with van der Waals surface area (Å²) in [5.41, 5.74) is 2.86. The average molecular weight is 441 g/mol. The molecule has 4 rings (SSSR count). The number of carbonyl (C=O) groups excluding carboxylic acids is 2. The maximum atomic E-state index is 12.3. The summed E-state index contributed by atoms with van der Waals surface area (Å²) in [6, 6.07) is 12.9. The molecule has 33 heavy (non-hydrogen) atoms. The van der Waals surface area contributed by atoms with Crippen LogP contribution < -0.4 is 10.1 Å². The molecule has 2 aromatic heterocycles. The van der Waals surface area contributed by atoms with Crippen molar-refractivity contribution in [3.8, 4) is 17.6 Å². The third-order valence-corrected chi connectivity index (χ3v) is 5.44. The van der Waals surface area contributed by atoms with Crippen molar-refractivity contribution in [1.82, 2.24) is 10.3 Å². The first kappa shape index (κ1) is 22.2. The number of hydrogen-bond donors (Lipinski definition) is 1. The molecule has 0 aliphatic carbocycles. The van der Waals surface area contributed by atoms with Gasteiger partial charge in [-0.25, -0.2) is 0 Å². The number of aryl methyl sites for hydroxylation is 1. The molecule has 0 saturated heterocycles. The molecule has 0 atom stereocenters. The highest BCUT2D eigenvalue weighted by atomic mass is 16.5. The van der Waals surface area contributed by atoms with Crippen LogP contribution in [-0.4, -0.2) is 30.1 Å². The molecule has 0 amide bonds. The molecule has 7 nitrogen and oxygen atoms in total. The van der Waals surface area contributed by atoms with Crippen LogP contribution in [0.4, 0.5) is 0 Å². The van der Waals surface area contributed by atoms with Crippen molar-refractivity contribution in [2.24, 2.45) is 0 Å². The number of ketones is 2. The first-order valence-electron chi connectivity index (χ1n) is 10.7. The van der Waals surface area contributed by atoms with Gasteiger partial charge in [0.2, 0.25) is 0 Å². The second-order valence-corrected chi connectivity index (χ2v) is 7.78. The van der Waals surface area contributed by atoms with Crippen LogP contribution in [0.25, 0.3) is 21.9 Å². The molecule has 0 saturated carbocycles. The maximum Gasteiger partial charge on any atom is 0.166 e. The van der Waals surface area contributed by atoms with Gasteiger partial charge in [-0.3, -0.25) is 14.6 Å². The van der Waals surface area contributed by atoms with Crippen molar-refractivity contribution in [2.75, 3.05) is 13.6 Å². The van der Waals surface area contributed by atoms with Gasteiger partial charge in [0.25, 0.3) is 0 Å². The van der Waals surface area contributed by atoms with Gasteiger partial charge < -0.3 is 14.5 Å². The Bertz CT molecular complexity index is 1430. The van der Waals surface area contributed by atoms with E-state index < -0.39 is 0 Å². The first-order valence-corrected chi connectivity index (χ1v) is 10.7. The molecule has 0 unspecified atom stereocenters. The van der Waals surface area contributed by atoms with E-state index in [4.69, 9.17) is 9.15 Å². The fourth-order valence-electron chi connectivity index (χ4n) is 3.91. The Hall–Kier alpha value is -4.02. The lowest BCUT2D eigenvalue weighted by atomic mass is 10.0. The van der Waals surface area contributed by atoms with Gasteiger partial charge in [0, 0.05) is 35.9 Å². The third-order valence-electron chi connectivity index (χ3n) is 5.44. The molecule has 166 valence electrons. The lowest BCUT2D eigenvalue weighted by Gasteiger charge is -2.12. The molecule has 0 bridgehead atoms. The second kappa shape index (κ2) is 9.23. The van der Waals surface area contributed by atoms with Crippen molar-refractivity contribution >= 4 is 33.4 Å². The zero-order chi connectivity index (χ0) is 23.5. The topological polar surface area (TPSA) is 105 Å². The molecule has 0 aliphatic rings. The minimum Gasteiger partial charge on any atom is -0.460 e. The molecule has 1 N–H and O–H groups in total. The van der Waals surface area contributed by atoms with Gasteiger partial charge in [-0.2, -0.15) is 5.26 Å². The van der Waals surface area contributed by atoms with Crippen LogP contribution in [0, 0.1) is 18.3 Å². The number of likely N-dealkylation sites (N-methyl/N-ethyl adjacent to an activating group) is 1. The predicted octanol–water partition coefficient (Wildman–Crippen LogP) is 4.88. The zero-order valence-electron chi connectivity index (χ0n) is 18.7. The summed E-state index contributed by atoms with van der Waals surface area (Å²) in [6.45, 7) is 3.87. The van der Waals surface area contributed by atoms with Crippen LogP contribution in [0.1, 0.15) is 40.6 Å². The van der Waals surface area contributed by atoms with Crippen LogP contribution in [0.15, 0.2) is 47.0 Å². The third kappa shape index (κ3) is 4.34. The molecule has 7 heteroatoms. The number of benzene rings is 2. The minimum atomic E-state index is 0.0205. The Kier molecular flexibility index (Phi) is 6.20. The summed E-state index contributed by atoms with van der Waals surface area (Å²) in [5.74, 6) is 1.47. The first-order chi connectivity index (χ1) is 15.9. The quantitative estimate of drug-likeness (QED) is 0.389. The van der Waals surface area contributed by atoms with E-state index in [1.54, 1.807) is 32.2 Å². The van der Waals surface area contributed by atoms with Crippen molar-refractivity contribution < 1.29 is 18.7 Å². The molecule has 2 aromatic carbocycles. The number of nitrogens with zero attached hydrogens (tertiary/aromatic N) is 2. The molecule has 2 heterocycles. The lowest BCUT2D eigenvalue weighted by molar-refractivity contribution is -0.117. The fraction of sp³-hybridized carbons (Fsp3) is 0.231. The van der Waals surface area contributed by atoms with Crippen LogP contribution in [0.2, 0.25) is 0 Å². The monoisotopic (exact) mass is 441 g/mol. The molecular formula is C26H23N3O4. The number of nitriles is 1. The summed E-state index contributed by atoms with van der Waals surface area (Å²) in [4.78, 5) is 28.7. The number of rotatable bonds is 8. The number of carbonyl (C=O) groups is 2. The Balaban J connectivity index is 1.77. The molecule has 0 radical (unpaired) electrons. The predicted molar refractivity (Wildman–Crippen MR) is 125 cm³/mol. The summed E-state index contributed by atoms with van der Waals surface area (Å²) in [7, 11) is 1.73. The Morgan fingerprint density at radius 2 is 2.00 bits per heavy atom. The van der Waals surface area contributed by atoms with Gasteiger partial charge in [-0.15, -0.1) is 0 Å². The molecule has 0 aliphatic heterocycles. The van der Waals surface area contributed by atoms with Gasteiger partial charge >= 0.3 is 0 Å². The van der Waals surface area contributed by atoms with Crippen LogP contribution in [-0.2, 0) is 11.2 Å². The highest BCUT2D eigenvalue weighted by Crippen LogP contribution is 2.36. The maximum absolute atomic E-state index is 12.3. The number of hydrogen-bond acceptors (Lipinski definition) is 7. The molecular weight excluding hydrogens is 418 g/mol. The number of furan rings is 1. The minimum absolute atomic E-state index is 0.0205. The Morgan fingerprint density at radius 1 is 1.18 bits per heavy atom. The van der Waals surface area contributed by atoms with Crippen LogP contribution in [0.3, 0.4) is 0 Å². The van der Waals surface area contributed by atoms with E-state index in [2.05, 4.69) is 16.4 Å². The smallest absolute Gasteiger partial charge is 0.166 e. The van der Waals surface area contributed by atoms with Gasteiger partial charge in [-0.1, -0.05) is 13.0 Å². The summed E-state index contributed by atoms with van der Waals surface area (Å²) < 4.78 is 12.0. The van der Waals surface area contributed by atoms with Crippen molar-refractivity contribution in [3.63, 3.8) is 0 Å². The van der Waals surface area contributed by atoms with Gasteiger partial charge in [0.05, 0.1) is 17.6 Å². The van der Waals surface area contributed by atoms with Crippen molar-refractivity contribution in [3.05, 3.63) is 65.0 Å². The van der Waals surface area contributed by atoms with Gasteiger partial charge in [-0.05, 0) is 43.8 Å². The highest BCUT2D eigenvalue weighted by molar-refractivity contribution is 6.08. The zero-order valence-corrected chi connectivity index (χ0v) is 18.7. The van der Waals surface area contributed by atoms with E-state index >= 15 is 0 Å². The number of pyridine rings is 1. The van der Waals surface area contributed by atoms with E-state index in [1.165, 1.54) is 6.20 Å². The van der Waals surface area contributed by atoms with Crippen molar-refractivity contribution in [2.45, 2.75) is 26.7 Å². The number of fused-ring (bicyclic) bond motifs is 2. The Morgan fingerprint density at radius 3 is 2.73 bits per heavy atom. The largest absolute Gasteiger partial charge is 0.460 e. The number of ether oxygens (including phenoxy) is 1. The molecule has 0 spiro atoms. The summed E-state index contributed by atoms with van der Waals surface area (Å²) >= 11 is 0. The van der Waals surface area contributed by atoms with E-state index in [9.17, 15) is 14.9 Å². The summed E-state index contributed by atoms with van der Waals surface area (Å²) in [6.07, 6.45) is 2.12. The van der Waals surface area contributed by atoms with E-state index in [1.807, 2.05) is 25.1 Å². The van der Waals surface area contributed by atoms with E-state index in [-0.39, 0.29) is 30.1 Å². The molecule has 0 fully saturated rings. The molecule has 4 aromatic rings. The fourth-order valence-corrected chi connectivity index (χ4v) is 3.91. The SMILES string of the molecule is CCC(=O)c1c(C)oc2cc(Oc3c(C#N)cnc4ccc(CC(=O)CNC)cc34)ccc12. The normalized spacial score (nSPS) is 11.0. The standard InChI is InChI=1S/C26H23N3O4/c1-4-23(31)25-15(2)32-24-11-19(6-7-20(24)25)33-26-17(12-27)13-29-22-8-5-16(10-21(22)26)9-18(30)14-28-3/h5-8,10-11,13,28H,4,9,14H2,1-3H3.